The van der Waals surface area contributed by atoms with Gasteiger partial charge in [0.05, 0.1) is 0 Å². The van der Waals surface area contributed by atoms with Gasteiger partial charge in [0.2, 0.25) is 5.91 Å². The van der Waals surface area contributed by atoms with Crippen LogP contribution in [0.3, 0.4) is 0 Å². The number of aromatic nitrogens is 1. The van der Waals surface area contributed by atoms with E-state index >= 15 is 0 Å². The van der Waals surface area contributed by atoms with Crippen LogP contribution in [0.1, 0.15) is 34.8 Å². The van der Waals surface area contributed by atoms with Gasteiger partial charge in [0, 0.05) is 49.5 Å². The van der Waals surface area contributed by atoms with Crippen LogP contribution in [0.5, 0.6) is 0 Å². The molecule has 2 saturated heterocycles. The summed E-state index contributed by atoms with van der Waals surface area (Å²) in [6, 6.07) is 17.0. The Morgan fingerprint density at radius 1 is 1.00 bits per heavy atom. The standard InChI is InChI=1S/C27H33N5O2/c1-30-13-10-23(11-14-30)31-15-17-32(18-16-31)27(34)25(21-5-3-2-4-6-21)29-26(33)22-8-7-20-9-12-28-24(20)19-22/h2-9,12,19,23,25,28H,10-11,13-18H2,1H3,(H,29,33)/t25-/m1/s1/i27+2. The number of aromatic amines is 1. The molecule has 178 valence electrons. The first-order valence-corrected chi connectivity index (χ1v) is 12.2. The van der Waals surface area contributed by atoms with E-state index in [1.807, 2.05) is 59.6 Å². The first-order valence-electron chi connectivity index (χ1n) is 12.2. The van der Waals surface area contributed by atoms with E-state index in [1.165, 1.54) is 12.8 Å². The summed E-state index contributed by atoms with van der Waals surface area (Å²) in [4.78, 5) is 36.8. The topological polar surface area (TPSA) is 71.7 Å². The minimum Gasteiger partial charge on any atom is -0.361 e. The van der Waals surface area contributed by atoms with Crippen molar-refractivity contribution >= 4 is 22.7 Å². The van der Waals surface area contributed by atoms with Gasteiger partial charge in [0.25, 0.3) is 5.91 Å². The van der Waals surface area contributed by atoms with E-state index in [0.29, 0.717) is 24.7 Å². The number of likely N-dealkylation sites (tertiary alicyclic amines) is 1. The third-order valence-electron chi connectivity index (χ3n) is 7.30. The average Bonchev–Trinajstić information content (AvgIpc) is 3.36. The number of amides is 2. The number of benzene rings is 2. The highest BCUT2D eigenvalue weighted by atomic mass is 16.3. The van der Waals surface area contributed by atoms with Crippen molar-refractivity contribution in [3.05, 3.63) is 71.9 Å². The number of rotatable bonds is 5. The van der Waals surface area contributed by atoms with Gasteiger partial charge in [0.1, 0.15) is 6.04 Å². The van der Waals surface area contributed by atoms with Crippen molar-refractivity contribution in [1.29, 1.82) is 0 Å². The number of piperazine rings is 1. The van der Waals surface area contributed by atoms with Crippen molar-refractivity contribution < 1.29 is 9.59 Å². The molecule has 1 aromatic heterocycles. The molecule has 0 spiro atoms. The Kier molecular flexibility index (Phi) is 6.65. The molecule has 5 rings (SSSR count). The molecule has 7 nitrogen and oxygen atoms in total. The summed E-state index contributed by atoms with van der Waals surface area (Å²) < 4.78 is 0. The van der Waals surface area contributed by atoms with Gasteiger partial charge in [0.15, 0.2) is 0 Å². The van der Waals surface area contributed by atoms with Gasteiger partial charge < -0.3 is 20.1 Å². The van der Waals surface area contributed by atoms with Gasteiger partial charge >= 0.3 is 0 Å². The second-order valence-electron chi connectivity index (χ2n) is 9.49. The van der Waals surface area contributed by atoms with E-state index in [1.54, 1.807) is 6.07 Å². The van der Waals surface area contributed by atoms with Gasteiger partial charge in [-0.1, -0.05) is 36.4 Å². The van der Waals surface area contributed by atoms with Gasteiger partial charge in [-0.2, -0.15) is 0 Å². The molecule has 0 radical (unpaired) electrons. The third kappa shape index (κ3) is 4.86. The first-order chi connectivity index (χ1) is 16.6. The number of hydrogen-bond acceptors (Lipinski definition) is 4. The van der Waals surface area contributed by atoms with Crippen molar-refractivity contribution in [1.82, 2.24) is 25.0 Å². The Hall–Kier alpha value is -3.16. The molecule has 0 unspecified atom stereocenters. The van der Waals surface area contributed by atoms with Crippen LogP contribution in [0.4, 0.5) is 0 Å². The fourth-order valence-electron chi connectivity index (χ4n) is 5.19. The van der Waals surface area contributed by atoms with Crippen LogP contribution < -0.4 is 5.32 Å². The molecule has 2 aliphatic rings. The minimum absolute atomic E-state index is 0.0384. The lowest BCUT2D eigenvalue weighted by molar-refractivity contribution is -0.135. The number of nitrogens with one attached hydrogen (secondary N) is 2. The SMILES string of the molecule is CN1CCC(N2CCN([14C](=O)[C@H](NC(=O)c3ccc4cc[nH]c4c3)c3ccccc3)CC2)CC1. The van der Waals surface area contributed by atoms with Crippen LogP contribution >= 0.6 is 0 Å². The Bertz CT molecular complexity index is 1130. The number of carbonyl (C=O) groups excluding carboxylic acids is 2. The lowest BCUT2D eigenvalue weighted by atomic mass is 10.0. The van der Waals surface area contributed by atoms with Crippen molar-refractivity contribution in [3.8, 4) is 0 Å². The molecule has 2 amide bonds. The number of hydrogen-bond donors (Lipinski definition) is 2. The quantitative estimate of drug-likeness (QED) is 0.613. The number of carbonyl (C=O) groups is 2. The summed E-state index contributed by atoms with van der Waals surface area (Å²) in [6.45, 7) is 5.44. The van der Waals surface area contributed by atoms with Crippen LogP contribution in [-0.4, -0.2) is 83.9 Å². The maximum absolute atomic E-state index is 13.6. The normalized spacial score (nSPS) is 19.3. The van der Waals surface area contributed by atoms with Crippen molar-refractivity contribution in [2.75, 3.05) is 46.3 Å². The number of piperidine rings is 1. The van der Waals surface area contributed by atoms with Crippen molar-refractivity contribution in [3.63, 3.8) is 0 Å². The summed E-state index contributed by atoms with van der Waals surface area (Å²) in [5, 5.41) is 4.07. The second kappa shape index (κ2) is 9.99. The molecule has 2 fully saturated rings. The molecule has 0 aliphatic carbocycles. The molecule has 0 bridgehead atoms. The molecule has 34 heavy (non-hydrogen) atoms. The first kappa shape index (κ1) is 22.6. The molecule has 2 aromatic carbocycles. The summed E-state index contributed by atoms with van der Waals surface area (Å²) in [5.74, 6) is -0.285. The maximum Gasteiger partial charge on any atom is 0.252 e. The molecule has 1 atom stereocenters. The number of nitrogens with zero attached hydrogens (tertiary/aromatic N) is 3. The monoisotopic (exact) mass is 461 g/mol. The molecule has 3 aromatic rings. The Balaban J connectivity index is 1.28. The largest absolute Gasteiger partial charge is 0.361 e. The number of H-pyrrole nitrogens is 1. The zero-order valence-electron chi connectivity index (χ0n) is 19.7. The Labute approximate surface area is 200 Å². The predicted octanol–water partition coefficient (Wildman–Crippen LogP) is 2.88. The van der Waals surface area contributed by atoms with Gasteiger partial charge in [-0.05, 0) is 62.1 Å². The maximum atomic E-state index is 13.6. The average molecular weight is 462 g/mol. The zero-order chi connectivity index (χ0) is 23.5. The van der Waals surface area contributed by atoms with E-state index in [9.17, 15) is 9.59 Å². The molecule has 0 saturated carbocycles. The zero-order valence-corrected chi connectivity index (χ0v) is 19.7. The highest BCUT2D eigenvalue weighted by Crippen LogP contribution is 2.22. The number of fused-ring (bicyclic) bond motifs is 1. The van der Waals surface area contributed by atoms with Gasteiger partial charge in [-0.25, -0.2) is 0 Å². The Morgan fingerprint density at radius 3 is 2.47 bits per heavy atom. The summed E-state index contributed by atoms with van der Waals surface area (Å²) in [7, 11) is 2.18. The molecule has 3 heterocycles. The van der Waals surface area contributed by atoms with Crippen LogP contribution in [0.15, 0.2) is 60.8 Å². The van der Waals surface area contributed by atoms with E-state index in [0.717, 1.165) is 42.6 Å². The molecular weight excluding hydrogens is 428 g/mol. The second-order valence-corrected chi connectivity index (χ2v) is 9.49. The van der Waals surface area contributed by atoms with Gasteiger partial charge in [-0.15, -0.1) is 0 Å². The van der Waals surface area contributed by atoms with E-state index in [4.69, 9.17) is 0 Å². The van der Waals surface area contributed by atoms with E-state index in [-0.39, 0.29) is 11.8 Å². The predicted molar refractivity (Wildman–Crippen MR) is 134 cm³/mol. The van der Waals surface area contributed by atoms with Crippen LogP contribution in [0, 0.1) is 0 Å². The highest BCUT2D eigenvalue weighted by Gasteiger charge is 2.32. The van der Waals surface area contributed by atoms with Crippen LogP contribution in [-0.2, 0) is 4.79 Å². The summed E-state index contributed by atoms with van der Waals surface area (Å²) in [6.07, 6.45) is 4.24. The lowest BCUT2D eigenvalue weighted by Gasteiger charge is -2.42. The minimum atomic E-state index is -0.706. The van der Waals surface area contributed by atoms with Gasteiger partial charge in [-0.3, -0.25) is 14.5 Å². The molecular formula is C27H33N5O2. The van der Waals surface area contributed by atoms with Crippen LogP contribution in [0.2, 0.25) is 0 Å². The van der Waals surface area contributed by atoms with E-state index in [2.05, 4.69) is 27.1 Å². The molecule has 2 aliphatic heterocycles. The summed E-state index contributed by atoms with van der Waals surface area (Å²) >= 11 is 0. The molecule has 7 heteroatoms. The smallest absolute Gasteiger partial charge is 0.252 e. The third-order valence-corrected chi connectivity index (χ3v) is 7.30. The Morgan fingerprint density at radius 2 is 1.74 bits per heavy atom. The lowest BCUT2D eigenvalue weighted by Crippen LogP contribution is -2.55. The summed E-state index contributed by atoms with van der Waals surface area (Å²) in [5.41, 5.74) is 2.25. The van der Waals surface area contributed by atoms with Crippen molar-refractivity contribution in [2.24, 2.45) is 0 Å². The highest BCUT2D eigenvalue weighted by molar-refractivity contribution is 6.00. The molecule has 2 N–H and O–H groups in total. The fraction of sp³-hybridized carbons (Fsp3) is 0.407. The van der Waals surface area contributed by atoms with Crippen LogP contribution in [0.25, 0.3) is 10.9 Å². The van der Waals surface area contributed by atoms with E-state index < -0.39 is 6.04 Å². The van der Waals surface area contributed by atoms with Crippen molar-refractivity contribution in [2.45, 2.75) is 24.9 Å². The fourth-order valence-corrected chi connectivity index (χ4v) is 5.19.